The van der Waals surface area contributed by atoms with Gasteiger partial charge in [-0.3, -0.25) is 5.10 Å². The van der Waals surface area contributed by atoms with Crippen LogP contribution in [0, 0.1) is 0 Å². The zero-order chi connectivity index (χ0) is 26.0. The van der Waals surface area contributed by atoms with Gasteiger partial charge in [0.05, 0.1) is 19.6 Å². The van der Waals surface area contributed by atoms with Crippen LogP contribution in [0.3, 0.4) is 0 Å². The fourth-order valence-corrected chi connectivity index (χ4v) is 6.85. The number of methoxy groups -OCH3 is 1. The predicted molar refractivity (Wildman–Crippen MR) is 130 cm³/mol. The van der Waals surface area contributed by atoms with Crippen LogP contribution in [0.2, 0.25) is 0 Å². The lowest BCUT2D eigenvalue weighted by molar-refractivity contribution is 0.0981. The summed E-state index contributed by atoms with van der Waals surface area (Å²) < 4.78 is 59.2. The number of anilines is 3. The van der Waals surface area contributed by atoms with Crippen molar-refractivity contribution in [1.82, 2.24) is 20.5 Å². The molecule has 0 aliphatic heterocycles. The highest BCUT2D eigenvalue weighted by atomic mass is 32.3. The van der Waals surface area contributed by atoms with Crippen molar-refractivity contribution in [2.24, 2.45) is 0 Å². The van der Waals surface area contributed by atoms with Crippen molar-refractivity contribution in [2.45, 2.75) is 51.2 Å². The number of ether oxygens (including phenoxy) is 2. The number of carbonyl (C=O) groups is 1. The monoisotopic (exact) mass is 530 g/mol. The maximum atomic E-state index is 12.1. The van der Waals surface area contributed by atoms with E-state index in [-0.39, 0.29) is 39.2 Å². The standard InChI is InChI=1S/C20H30N6O7S2/c1-12(2)21-20(27)33-14-7-6-13(10-14)15-11-18(25-24-15)22-17-9-8-16(19(23-17)32-3)26(34(4,28)29)35(5,30)31/h8-9,11-14H,6-7,10H2,1-5H3,(H,21,27)(H2,22,23,24,25)/t13-,14+/m1/s1. The fraction of sp³-hybridized carbons (Fsp3) is 0.550. The Labute approximate surface area is 204 Å². The molecule has 13 nitrogen and oxygen atoms in total. The van der Waals surface area contributed by atoms with Gasteiger partial charge in [0.15, 0.2) is 5.82 Å². The van der Waals surface area contributed by atoms with E-state index in [0.717, 1.165) is 31.0 Å². The van der Waals surface area contributed by atoms with Crippen LogP contribution in [0.15, 0.2) is 18.2 Å². The molecule has 0 bridgehead atoms. The summed E-state index contributed by atoms with van der Waals surface area (Å²) in [5.41, 5.74) is 0.635. The largest absolute Gasteiger partial charge is 0.479 e. The SMILES string of the molecule is COc1nc(Nc2cc([C@@H]3CC[C@H](OC(=O)NC(C)C)C3)[nH]n2)ccc1N(S(C)(=O)=O)S(C)(=O)=O. The third kappa shape index (κ3) is 6.75. The van der Waals surface area contributed by atoms with Crippen LogP contribution in [0.5, 0.6) is 5.88 Å². The second kappa shape index (κ2) is 10.3. The highest BCUT2D eigenvalue weighted by molar-refractivity contribution is 8.09. The molecule has 0 saturated heterocycles. The van der Waals surface area contributed by atoms with E-state index in [4.69, 9.17) is 9.47 Å². The molecule has 1 saturated carbocycles. The Balaban J connectivity index is 1.71. The van der Waals surface area contributed by atoms with Gasteiger partial charge in [0, 0.05) is 23.7 Å². The molecule has 1 amide bonds. The van der Waals surface area contributed by atoms with Crippen LogP contribution >= 0.6 is 0 Å². The summed E-state index contributed by atoms with van der Waals surface area (Å²) in [4.78, 5) is 16.0. The summed E-state index contributed by atoms with van der Waals surface area (Å²) in [6, 6.07) is 4.51. The average molecular weight is 531 g/mol. The molecular formula is C20H30N6O7S2. The molecule has 0 radical (unpaired) electrons. The molecule has 15 heteroatoms. The van der Waals surface area contributed by atoms with E-state index in [0.29, 0.717) is 12.2 Å². The molecule has 2 heterocycles. The second-order valence-electron chi connectivity index (χ2n) is 8.62. The molecule has 2 atom stereocenters. The van der Waals surface area contributed by atoms with Gasteiger partial charge in [0.2, 0.25) is 25.9 Å². The topological polar surface area (TPSA) is 173 Å². The fourth-order valence-electron chi connectivity index (χ4n) is 3.89. The normalized spacial score (nSPS) is 18.3. The Bertz CT molecular complexity index is 1240. The molecule has 0 unspecified atom stereocenters. The van der Waals surface area contributed by atoms with Crippen LogP contribution < -0.4 is 19.1 Å². The van der Waals surface area contributed by atoms with Crippen molar-refractivity contribution in [3.8, 4) is 5.88 Å². The molecule has 1 fully saturated rings. The number of amides is 1. The molecule has 194 valence electrons. The molecule has 3 N–H and O–H groups in total. The predicted octanol–water partition coefficient (Wildman–Crippen LogP) is 2.05. The zero-order valence-corrected chi connectivity index (χ0v) is 21.7. The Morgan fingerprint density at radius 3 is 2.43 bits per heavy atom. The number of H-pyrrole nitrogens is 1. The van der Waals surface area contributed by atoms with Gasteiger partial charge in [0.1, 0.15) is 17.6 Å². The number of nitrogens with one attached hydrogen (secondary N) is 3. The number of rotatable bonds is 9. The third-order valence-corrected chi connectivity index (χ3v) is 8.41. The van der Waals surface area contributed by atoms with Gasteiger partial charge in [-0.05, 0) is 45.2 Å². The minimum Gasteiger partial charge on any atom is -0.479 e. The summed E-state index contributed by atoms with van der Waals surface area (Å²) in [5, 5.41) is 12.9. The highest BCUT2D eigenvalue weighted by Crippen LogP contribution is 2.36. The molecule has 0 aromatic carbocycles. The number of alkyl carbamates (subject to hydrolysis) is 1. The summed E-state index contributed by atoms with van der Waals surface area (Å²) in [7, 11) is -7.05. The van der Waals surface area contributed by atoms with E-state index in [1.807, 2.05) is 19.9 Å². The second-order valence-corrected chi connectivity index (χ2v) is 12.5. The number of hydrogen-bond donors (Lipinski definition) is 3. The minimum absolute atomic E-state index is 0.00283. The van der Waals surface area contributed by atoms with E-state index >= 15 is 0 Å². The Kier molecular flexibility index (Phi) is 7.79. The summed E-state index contributed by atoms with van der Waals surface area (Å²) in [5.74, 6) is 0.658. The Hall–Kier alpha value is -3.07. The molecule has 3 rings (SSSR count). The van der Waals surface area contributed by atoms with Crippen molar-refractivity contribution >= 4 is 43.5 Å². The van der Waals surface area contributed by atoms with Crippen molar-refractivity contribution in [3.63, 3.8) is 0 Å². The Morgan fingerprint density at radius 2 is 1.83 bits per heavy atom. The molecule has 1 aliphatic rings. The van der Waals surface area contributed by atoms with E-state index < -0.39 is 26.1 Å². The van der Waals surface area contributed by atoms with E-state index in [1.54, 1.807) is 0 Å². The van der Waals surface area contributed by atoms with Crippen molar-refractivity contribution in [1.29, 1.82) is 0 Å². The molecular weight excluding hydrogens is 500 g/mol. The zero-order valence-electron chi connectivity index (χ0n) is 20.1. The van der Waals surface area contributed by atoms with E-state index in [9.17, 15) is 21.6 Å². The lowest BCUT2D eigenvalue weighted by Gasteiger charge is -2.21. The van der Waals surface area contributed by atoms with E-state index in [2.05, 4.69) is 25.8 Å². The number of pyridine rings is 1. The first kappa shape index (κ1) is 26.5. The first-order valence-electron chi connectivity index (χ1n) is 10.8. The number of aromatic nitrogens is 3. The maximum absolute atomic E-state index is 12.1. The molecule has 2 aromatic rings. The van der Waals surface area contributed by atoms with Crippen molar-refractivity contribution < 1.29 is 31.1 Å². The Morgan fingerprint density at radius 1 is 1.14 bits per heavy atom. The molecule has 2 aromatic heterocycles. The van der Waals surface area contributed by atoms with Gasteiger partial charge in [-0.25, -0.2) is 21.6 Å². The number of aromatic amines is 1. The first-order valence-corrected chi connectivity index (χ1v) is 14.5. The van der Waals surface area contributed by atoms with Crippen LogP contribution in [-0.2, 0) is 24.8 Å². The number of carbonyl (C=O) groups excluding carboxylic acids is 1. The number of hydrogen-bond acceptors (Lipinski definition) is 10. The van der Waals surface area contributed by atoms with Crippen molar-refractivity contribution in [2.75, 3.05) is 28.6 Å². The lowest BCUT2D eigenvalue weighted by atomic mass is 10.0. The van der Waals surface area contributed by atoms with Gasteiger partial charge in [0.25, 0.3) is 0 Å². The third-order valence-electron chi connectivity index (χ3n) is 5.19. The van der Waals surface area contributed by atoms with E-state index in [1.165, 1.54) is 19.2 Å². The lowest BCUT2D eigenvalue weighted by Crippen LogP contribution is -2.35. The van der Waals surface area contributed by atoms with Gasteiger partial charge < -0.3 is 20.1 Å². The van der Waals surface area contributed by atoms with Gasteiger partial charge in [-0.2, -0.15) is 13.8 Å². The van der Waals surface area contributed by atoms with Gasteiger partial charge in [-0.1, -0.05) is 0 Å². The van der Waals surface area contributed by atoms with Crippen molar-refractivity contribution in [3.05, 3.63) is 23.9 Å². The number of nitrogens with zero attached hydrogens (tertiary/aromatic N) is 3. The summed E-state index contributed by atoms with van der Waals surface area (Å²) in [6.45, 7) is 3.73. The summed E-state index contributed by atoms with van der Waals surface area (Å²) >= 11 is 0. The maximum Gasteiger partial charge on any atom is 0.407 e. The quantitative estimate of drug-likeness (QED) is 0.435. The van der Waals surface area contributed by atoms with Crippen LogP contribution in [0.25, 0.3) is 0 Å². The minimum atomic E-state index is -4.15. The molecule has 35 heavy (non-hydrogen) atoms. The van der Waals surface area contributed by atoms with Crippen LogP contribution in [-0.4, -0.2) is 69.9 Å². The smallest absolute Gasteiger partial charge is 0.407 e. The van der Waals surface area contributed by atoms with Gasteiger partial charge in [-0.15, -0.1) is 0 Å². The molecule has 1 aliphatic carbocycles. The number of sulfonamides is 2. The molecule has 0 spiro atoms. The highest BCUT2D eigenvalue weighted by Gasteiger charge is 2.32. The first-order chi connectivity index (χ1) is 16.3. The summed E-state index contributed by atoms with van der Waals surface area (Å²) in [6.07, 6.45) is 3.20. The van der Waals surface area contributed by atoms with Crippen LogP contribution in [0.1, 0.15) is 44.7 Å². The van der Waals surface area contributed by atoms with Crippen LogP contribution in [0.4, 0.5) is 22.1 Å². The van der Waals surface area contributed by atoms with Gasteiger partial charge >= 0.3 is 6.09 Å². The average Bonchev–Trinajstić information content (AvgIpc) is 3.35.